The molecule has 5 nitrogen and oxygen atoms in total. The average Bonchev–Trinajstić information content (AvgIpc) is 2.61. The van der Waals surface area contributed by atoms with E-state index >= 15 is 0 Å². The SMILES string of the molecule is CCN1CCC[C@@H](NC(=O)C[C@H]2c3ccccc3CCN2C(C)=O)C1. The molecule has 2 heterocycles. The molecule has 3 rings (SSSR count). The Bertz CT molecular complexity index is 631. The first-order valence-corrected chi connectivity index (χ1v) is 9.45. The lowest BCUT2D eigenvalue weighted by Gasteiger charge is -2.37. The zero-order valence-corrected chi connectivity index (χ0v) is 15.3. The molecule has 2 amide bonds. The molecule has 25 heavy (non-hydrogen) atoms. The number of likely N-dealkylation sites (tertiary alicyclic amines) is 1. The molecule has 1 aromatic carbocycles. The largest absolute Gasteiger partial charge is 0.352 e. The van der Waals surface area contributed by atoms with Crippen LogP contribution in [-0.2, 0) is 16.0 Å². The maximum atomic E-state index is 12.7. The summed E-state index contributed by atoms with van der Waals surface area (Å²) in [5.74, 6) is 0.0954. The van der Waals surface area contributed by atoms with Crippen molar-refractivity contribution in [2.24, 2.45) is 0 Å². The molecule has 2 aliphatic heterocycles. The number of piperidine rings is 1. The lowest BCUT2D eigenvalue weighted by atomic mass is 9.90. The molecule has 2 atom stereocenters. The third kappa shape index (κ3) is 4.21. The predicted octanol–water partition coefficient (Wildman–Crippen LogP) is 2.12. The second-order valence-electron chi connectivity index (χ2n) is 7.18. The fourth-order valence-corrected chi connectivity index (χ4v) is 4.17. The van der Waals surface area contributed by atoms with Crippen LogP contribution in [0.15, 0.2) is 24.3 Å². The lowest BCUT2D eigenvalue weighted by Crippen LogP contribution is -2.48. The Kier molecular flexibility index (Phi) is 5.74. The lowest BCUT2D eigenvalue weighted by molar-refractivity contribution is -0.133. The molecule has 1 N–H and O–H groups in total. The van der Waals surface area contributed by atoms with Gasteiger partial charge in [-0.15, -0.1) is 0 Å². The minimum Gasteiger partial charge on any atom is -0.352 e. The Morgan fingerprint density at radius 1 is 1.24 bits per heavy atom. The van der Waals surface area contributed by atoms with Gasteiger partial charge in [0.15, 0.2) is 0 Å². The number of nitrogens with one attached hydrogen (secondary N) is 1. The highest BCUT2D eigenvalue weighted by Gasteiger charge is 2.31. The van der Waals surface area contributed by atoms with E-state index < -0.39 is 0 Å². The van der Waals surface area contributed by atoms with Crippen LogP contribution >= 0.6 is 0 Å². The van der Waals surface area contributed by atoms with E-state index in [0.29, 0.717) is 13.0 Å². The molecule has 1 saturated heterocycles. The van der Waals surface area contributed by atoms with Gasteiger partial charge in [-0.1, -0.05) is 31.2 Å². The molecule has 5 heteroatoms. The second-order valence-corrected chi connectivity index (χ2v) is 7.18. The molecule has 0 bridgehead atoms. The summed E-state index contributed by atoms with van der Waals surface area (Å²) >= 11 is 0. The summed E-state index contributed by atoms with van der Waals surface area (Å²) in [6.45, 7) is 7.53. The minimum absolute atomic E-state index is 0.0436. The van der Waals surface area contributed by atoms with Crippen molar-refractivity contribution in [2.45, 2.75) is 51.6 Å². The third-order valence-corrected chi connectivity index (χ3v) is 5.51. The van der Waals surface area contributed by atoms with Gasteiger partial charge in [0.05, 0.1) is 12.5 Å². The summed E-state index contributed by atoms with van der Waals surface area (Å²) in [4.78, 5) is 29.0. The summed E-state index contributed by atoms with van der Waals surface area (Å²) < 4.78 is 0. The van der Waals surface area contributed by atoms with Crippen LogP contribution in [-0.4, -0.2) is 53.8 Å². The van der Waals surface area contributed by atoms with E-state index in [0.717, 1.165) is 44.5 Å². The Hall–Kier alpha value is -1.88. The molecular weight excluding hydrogens is 314 g/mol. The summed E-state index contributed by atoms with van der Waals surface area (Å²) in [6, 6.07) is 8.27. The maximum Gasteiger partial charge on any atom is 0.222 e. The van der Waals surface area contributed by atoms with Crippen LogP contribution < -0.4 is 5.32 Å². The molecule has 136 valence electrons. The number of likely N-dealkylation sites (N-methyl/N-ethyl adjacent to an activating group) is 1. The van der Waals surface area contributed by atoms with Gasteiger partial charge in [-0.3, -0.25) is 9.59 Å². The van der Waals surface area contributed by atoms with E-state index in [1.54, 1.807) is 6.92 Å². The average molecular weight is 343 g/mol. The predicted molar refractivity (Wildman–Crippen MR) is 98.2 cm³/mol. The standard InChI is InChI=1S/C20H29N3O2/c1-3-22-11-6-8-17(14-22)21-20(25)13-19-18-9-5-4-7-16(18)10-12-23(19)15(2)24/h4-5,7,9,17,19H,3,6,8,10-14H2,1-2H3,(H,21,25)/t17-,19+/m1/s1. The smallest absolute Gasteiger partial charge is 0.222 e. The van der Waals surface area contributed by atoms with E-state index in [2.05, 4.69) is 29.3 Å². The van der Waals surface area contributed by atoms with Gasteiger partial charge >= 0.3 is 0 Å². The normalized spacial score (nSPS) is 23.8. The number of nitrogens with zero attached hydrogens (tertiary/aromatic N) is 2. The minimum atomic E-state index is -0.145. The number of carbonyl (C=O) groups is 2. The number of hydrogen-bond acceptors (Lipinski definition) is 3. The summed E-state index contributed by atoms with van der Waals surface area (Å²) in [5, 5.41) is 3.20. The maximum absolute atomic E-state index is 12.7. The van der Waals surface area contributed by atoms with Crippen molar-refractivity contribution in [1.29, 1.82) is 0 Å². The number of rotatable bonds is 4. The van der Waals surface area contributed by atoms with Crippen molar-refractivity contribution in [3.8, 4) is 0 Å². The number of benzene rings is 1. The van der Waals surface area contributed by atoms with Crippen LogP contribution in [0.5, 0.6) is 0 Å². The Morgan fingerprint density at radius 2 is 2.04 bits per heavy atom. The molecule has 0 aromatic heterocycles. The van der Waals surface area contributed by atoms with Crippen molar-refractivity contribution in [3.05, 3.63) is 35.4 Å². The van der Waals surface area contributed by atoms with Crippen molar-refractivity contribution in [1.82, 2.24) is 15.1 Å². The van der Waals surface area contributed by atoms with Gasteiger partial charge in [-0.2, -0.15) is 0 Å². The van der Waals surface area contributed by atoms with Crippen LogP contribution in [0, 0.1) is 0 Å². The van der Waals surface area contributed by atoms with Crippen molar-refractivity contribution in [2.75, 3.05) is 26.2 Å². The molecular formula is C20H29N3O2. The van der Waals surface area contributed by atoms with Crippen molar-refractivity contribution in [3.63, 3.8) is 0 Å². The second kappa shape index (κ2) is 8.00. The highest BCUT2D eigenvalue weighted by molar-refractivity contribution is 5.80. The van der Waals surface area contributed by atoms with Crippen LogP contribution in [0.1, 0.15) is 50.3 Å². The number of fused-ring (bicyclic) bond motifs is 1. The van der Waals surface area contributed by atoms with Gasteiger partial charge in [0.2, 0.25) is 11.8 Å². The van der Waals surface area contributed by atoms with Crippen LogP contribution in [0.2, 0.25) is 0 Å². The van der Waals surface area contributed by atoms with Gasteiger partial charge in [0, 0.05) is 26.1 Å². The van der Waals surface area contributed by atoms with E-state index in [1.165, 1.54) is 5.56 Å². The fourth-order valence-electron chi connectivity index (χ4n) is 4.17. The first-order chi connectivity index (χ1) is 12.1. The van der Waals surface area contributed by atoms with Crippen molar-refractivity contribution >= 4 is 11.8 Å². The third-order valence-electron chi connectivity index (χ3n) is 5.51. The molecule has 0 aliphatic carbocycles. The van der Waals surface area contributed by atoms with E-state index in [-0.39, 0.29) is 23.9 Å². The topological polar surface area (TPSA) is 52.7 Å². The number of hydrogen-bond donors (Lipinski definition) is 1. The van der Waals surface area contributed by atoms with Gasteiger partial charge in [0.1, 0.15) is 0 Å². The molecule has 0 saturated carbocycles. The Labute approximate surface area is 150 Å². The van der Waals surface area contributed by atoms with Crippen LogP contribution in [0.25, 0.3) is 0 Å². The van der Waals surface area contributed by atoms with Gasteiger partial charge < -0.3 is 15.1 Å². The van der Waals surface area contributed by atoms with E-state index in [1.807, 2.05) is 17.0 Å². The zero-order valence-electron chi connectivity index (χ0n) is 15.3. The van der Waals surface area contributed by atoms with E-state index in [4.69, 9.17) is 0 Å². The summed E-state index contributed by atoms with van der Waals surface area (Å²) in [5.41, 5.74) is 2.38. The number of amides is 2. The first-order valence-electron chi connectivity index (χ1n) is 9.45. The summed E-state index contributed by atoms with van der Waals surface area (Å²) in [7, 11) is 0. The van der Waals surface area contributed by atoms with Gasteiger partial charge in [-0.25, -0.2) is 0 Å². The molecule has 0 spiro atoms. The molecule has 0 radical (unpaired) electrons. The molecule has 2 aliphatic rings. The highest BCUT2D eigenvalue weighted by Crippen LogP contribution is 2.32. The monoisotopic (exact) mass is 343 g/mol. The van der Waals surface area contributed by atoms with Crippen LogP contribution in [0.4, 0.5) is 0 Å². The quantitative estimate of drug-likeness (QED) is 0.911. The first kappa shape index (κ1) is 17.9. The Morgan fingerprint density at radius 3 is 2.80 bits per heavy atom. The van der Waals surface area contributed by atoms with E-state index in [9.17, 15) is 9.59 Å². The Balaban J connectivity index is 1.68. The van der Waals surface area contributed by atoms with Crippen LogP contribution in [0.3, 0.4) is 0 Å². The zero-order chi connectivity index (χ0) is 17.8. The molecule has 1 fully saturated rings. The van der Waals surface area contributed by atoms with Gasteiger partial charge in [0.25, 0.3) is 0 Å². The summed E-state index contributed by atoms with van der Waals surface area (Å²) in [6.07, 6.45) is 3.38. The highest BCUT2D eigenvalue weighted by atomic mass is 16.2. The van der Waals surface area contributed by atoms with Crippen molar-refractivity contribution < 1.29 is 9.59 Å². The fraction of sp³-hybridized carbons (Fsp3) is 0.600. The van der Waals surface area contributed by atoms with Gasteiger partial charge in [-0.05, 0) is 43.5 Å². The molecule has 0 unspecified atom stereocenters. The molecule has 1 aromatic rings. The number of carbonyl (C=O) groups excluding carboxylic acids is 2.